The van der Waals surface area contributed by atoms with Crippen LogP contribution in [0.25, 0.3) is 0 Å². The van der Waals surface area contributed by atoms with E-state index in [-0.39, 0.29) is 34.0 Å². The predicted octanol–water partition coefficient (Wildman–Crippen LogP) is 10.4. The SMILES string of the molecule is CC(C=O)CCc1cc(C(C)(C)C)c(OP(Oc2c(C(C)(C)C)cc(CCC(=O)C=O)cc2C(C)(C)C)c2ccccc2)c(C(C)(C)C)c1. The van der Waals surface area contributed by atoms with Gasteiger partial charge >= 0.3 is 8.38 Å². The number of carbonyl (C=O) groups is 3. The number of aldehydes is 2. The third kappa shape index (κ3) is 10.8. The Kier molecular flexibility index (Phi) is 12.9. The van der Waals surface area contributed by atoms with Gasteiger partial charge in [-0.1, -0.05) is 132 Å². The van der Waals surface area contributed by atoms with Gasteiger partial charge in [0.25, 0.3) is 0 Å². The maximum absolute atomic E-state index is 12.0. The van der Waals surface area contributed by atoms with Gasteiger partial charge < -0.3 is 13.8 Å². The Morgan fingerprint density at radius 2 is 1.04 bits per heavy atom. The number of Topliss-reactive ketones (excluding diaryl/α,β-unsaturated/α-hetero) is 1. The second-order valence-electron chi connectivity index (χ2n) is 17.6. The second kappa shape index (κ2) is 15.7. The molecule has 0 aliphatic heterocycles. The van der Waals surface area contributed by atoms with E-state index in [1.807, 2.05) is 25.1 Å². The molecule has 0 saturated heterocycles. The standard InChI is InChI=1S/C43H59O5P/c1-29(27-44)19-20-30-23-34(40(2,3)4)38(35(24-30)41(5,6)7)47-49(33-17-15-14-16-18-33)48-39-36(42(8,9)10)25-31(21-22-32(46)28-45)26-37(39)43(11,12)13/h14-18,23-29H,19-22H2,1-13H3. The van der Waals surface area contributed by atoms with E-state index >= 15 is 0 Å². The number of carbonyl (C=O) groups excluding carboxylic acids is 3. The zero-order valence-electron chi connectivity index (χ0n) is 32.2. The summed E-state index contributed by atoms with van der Waals surface area (Å²) >= 11 is 0. The van der Waals surface area contributed by atoms with Crippen LogP contribution in [0.2, 0.25) is 0 Å². The molecule has 5 nitrogen and oxygen atoms in total. The molecule has 6 heteroatoms. The van der Waals surface area contributed by atoms with E-state index in [4.69, 9.17) is 9.05 Å². The topological polar surface area (TPSA) is 69.7 Å². The third-order valence-electron chi connectivity index (χ3n) is 8.76. The van der Waals surface area contributed by atoms with Crippen molar-refractivity contribution < 1.29 is 23.4 Å². The highest BCUT2D eigenvalue weighted by Crippen LogP contribution is 2.51. The molecule has 266 valence electrons. The van der Waals surface area contributed by atoms with Crippen LogP contribution >= 0.6 is 8.38 Å². The third-order valence-corrected chi connectivity index (χ3v) is 10.2. The fraction of sp³-hybridized carbons (Fsp3) is 0.512. The molecule has 2 unspecified atom stereocenters. The molecule has 0 heterocycles. The highest BCUT2D eigenvalue weighted by Gasteiger charge is 2.34. The Hall–Kier alpha value is -3.30. The molecule has 0 bridgehead atoms. The fourth-order valence-corrected chi connectivity index (χ4v) is 7.11. The molecule has 0 aliphatic rings. The summed E-state index contributed by atoms with van der Waals surface area (Å²) in [5.74, 6) is 1.25. The molecule has 0 amide bonds. The van der Waals surface area contributed by atoms with E-state index in [1.165, 1.54) is 5.56 Å². The first-order valence-electron chi connectivity index (χ1n) is 17.6. The monoisotopic (exact) mass is 686 g/mol. The first-order valence-corrected chi connectivity index (χ1v) is 18.7. The smallest absolute Gasteiger partial charge is 0.326 e. The molecule has 0 aliphatic carbocycles. The summed E-state index contributed by atoms with van der Waals surface area (Å²) in [7, 11) is -1.67. The Bertz CT molecular complexity index is 1540. The van der Waals surface area contributed by atoms with E-state index in [0.717, 1.165) is 63.7 Å². The largest absolute Gasteiger partial charge is 0.435 e. The Morgan fingerprint density at radius 1 is 0.653 bits per heavy atom. The number of ketones is 1. The summed E-state index contributed by atoms with van der Waals surface area (Å²) in [6.45, 7) is 28.3. The van der Waals surface area contributed by atoms with Gasteiger partial charge in [-0.3, -0.25) is 9.59 Å². The molecular formula is C43H59O5P. The number of rotatable bonds is 13. The van der Waals surface area contributed by atoms with Crippen molar-refractivity contribution in [3.05, 3.63) is 88.0 Å². The summed E-state index contributed by atoms with van der Waals surface area (Å²) in [5, 5.41) is 0.960. The average molecular weight is 687 g/mol. The van der Waals surface area contributed by atoms with Crippen LogP contribution in [0.15, 0.2) is 54.6 Å². The molecule has 0 saturated carbocycles. The molecule has 3 rings (SSSR count). The molecule has 3 aromatic carbocycles. The van der Waals surface area contributed by atoms with Crippen molar-refractivity contribution >= 4 is 32.0 Å². The molecule has 0 aromatic heterocycles. The van der Waals surface area contributed by atoms with Gasteiger partial charge in [0.05, 0.1) is 5.30 Å². The molecule has 3 aromatic rings. The average Bonchev–Trinajstić information content (AvgIpc) is 3.00. The number of hydrogen-bond acceptors (Lipinski definition) is 5. The van der Waals surface area contributed by atoms with E-state index in [1.54, 1.807) is 0 Å². The summed E-state index contributed by atoms with van der Waals surface area (Å²) < 4.78 is 14.5. The highest BCUT2D eigenvalue weighted by atomic mass is 31.2. The van der Waals surface area contributed by atoms with Crippen molar-refractivity contribution in [2.75, 3.05) is 0 Å². The minimum Gasteiger partial charge on any atom is -0.435 e. The Balaban J connectivity index is 2.32. The van der Waals surface area contributed by atoms with Crippen molar-refractivity contribution in [2.45, 2.75) is 137 Å². The van der Waals surface area contributed by atoms with Gasteiger partial charge in [0.1, 0.15) is 17.8 Å². The molecule has 0 N–H and O–H groups in total. The van der Waals surface area contributed by atoms with Crippen molar-refractivity contribution in [1.29, 1.82) is 0 Å². The lowest BCUT2D eigenvalue weighted by Crippen LogP contribution is -2.23. The van der Waals surface area contributed by atoms with Crippen LogP contribution in [0, 0.1) is 5.92 Å². The predicted molar refractivity (Wildman–Crippen MR) is 205 cm³/mol. The van der Waals surface area contributed by atoms with Gasteiger partial charge in [0.15, 0.2) is 12.1 Å². The van der Waals surface area contributed by atoms with Gasteiger partial charge in [0, 0.05) is 34.6 Å². The van der Waals surface area contributed by atoms with Gasteiger partial charge in [0.2, 0.25) is 0 Å². The van der Waals surface area contributed by atoms with Gasteiger partial charge in [-0.15, -0.1) is 0 Å². The lowest BCUT2D eigenvalue weighted by molar-refractivity contribution is -0.129. The minimum atomic E-state index is -1.67. The normalized spacial score (nSPS) is 13.8. The van der Waals surface area contributed by atoms with Crippen LogP contribution < -0.4 is 14.4 Å². The van der Waals surface area contributed by atoms with Crippen LogP contribution in [0.1, 0.15) is 136 Å². The minimum absolute atomic E-state index is 0.00246. The van der Waals surface area contributed by atoms with Crippen LogP contribution in [-0.2, 0) is 48.9 Å². The molecule has 2 atom stereocenters. The fourth-order valence-electron chi connectivity index (χ4n) is 5.72. The number of aryl methyl sites for hydroxylation is 2. The zero-order valence-corrected chi connectivity index (χ0v) is 33.1. The molecular weight excluding hydrogens is 627 g/mol. The van der Waals surface area contributed by atoms with Crippen molar-refractivity contribution in [2.24, 2.45) is 5.92 Å². The molecule has 0 spiro atoms. The molecule has 0 radical (unpaired) electrons. The van der Waals surface area contributed by atoms with E-state index in [0.29, 0.717) is 12.7 Å². The van der Waals surface area contributed by atoms with Gasteiger partial charge in [-0.2, -0.15) is 0 Å². The lowest BCUT2D eigenvalue weighted by Gasteiger charge is -2.34. The first-order chi connectivity index (χ1) is 22.6. The molecule has 49 heavy (non-hydrogen) atoms. The van der Waals surface area contributed by atoms with Crippen LogP contribution in [-0.4, -0.2) is 18.4 Å². The van der Waals surface area contributed by atoms with E-state index in [2.05, 4.69) is 119 Å². The molecule has 0 fully saturated rings. The van der Waals surface area contributed by atoms with Crippen LogP contribution in [0.4, 0.5) is 0 Å². The van der Waals surface area contributed by atoms with Gasteiger partial charge in [-0.05, 0) is 64.2 Å². The summed E-state index contributed by atoms with van der Waals surface area (Å²) in [6.07, 6.45) is 3.70. The first kappa shape index (κ1) is 40.1. The lowest BCUT2D eigenvalue weighted by atomic mass is 9.78. The Labute approximate surface area is 297 Å². The van der Waals surface area contributed by atoms with Crippen molar-refractivity contribution in [3.8, 4) is 11.5 Å². The summed E-state index contributed by atoms with van der Waals surface area (Å²) in [4.78, 5) is 34.5. The van der Waals surface area contributed by atoms with Gasteiger partial charge in [-0.25, -0.2) is 0 Å². The number of benzene rings is 3. The highest BCUT2D eigenvalue weighted by molar-refractivity contribution is 7.56. The van der Waals surface area contributed by atoms with E-state index in [9.17, 15) is 14.4 Å². The summed E-state index contributed by atoms with van der Waals surface area (Å²) in [5.41, 5.74) is 5.48. The van der Waals surface area contributed by atoms with Crippen molar-refractivity contribution in [1.82, 2.24) is 0 Å². The van der Waals surface area contributed by atoms with Crippen molar-refractivity contribution in [3.63, 3.8) is 0 Å². The van der Waals surface area contributed by atoms with Crippen LogP contribution in [0.5, 0.6) is 11.5 Å². The second-order valence-corrected chi connectivity index (χ2v) is 18.9. The van der Waals surface area contributed by atoms with Crippen LogP contribution in [0.3, 0.4) is 0 Å². The Morgan fingerprint density at radius 3 is 1.39 bits per heavy atom. The number of hydrogen-bond donors (Lipinski definition) is 0. The van der Waals surface area contributed by atoms with E-state index < -0.39 is 14.2 Å². The zero-order chi connectivity index (χ0) is 36.9. The maximum Gasteiger partial charge on any atom is 0.326 e. The quantitative estimate of drug-likeness (QED) is 0.102. The maximum atomic E-state index is 12.0. The summed E-state index contributed by atoms with van der Waals surface area (Å²) in [6, 6.07) is 19.0.